The number of halogens is 1. The number of aliphatic hydroxyl groups is 1. The smallest absolute Gasteiger partial charge is 0.265 e. The maximum absolute atomic E-state index is 12.1. The summed E-state index contributed by atoms with van der Waals surface area (Å²) in [6, 6.07) is 2.99. The fourth-order valence-electron chi connectivity index (χ4n) is 1.32. The van der Waals surface area contributed by atoms with Crippen LogP contribution < -0.4 is 4.72 Å². The quantitative estimate of drug-likeness (QED) is 0.874. The summed E-state index contributed by atoms with van der Waals surface area (Å²) in [7, 11) is -2.00. The van der Waals surface area contributed by atoms with Gasteiger partial charge in [0.2, 0.25) is 0 Å². The summed E-state index contributed by atoms with van der Waals surface area (Å²) in [5.74, 6) is 0.251. The Hall–Kier alpha value is -0.900. The van der Waals surface area contributed by atoms with E-state index in [4.69, 9.17) is 5.11 Å². The van der Waals surface area contributed by atoms with Crippen molar-refractivity contribution in [2.24, 2.45) is 7.05 Å². The van der Waals surface area contributed by atoms with E-state index in [0.717, 1.165) is 0 Å². The first-order chi connectivity index (χ1) is 8.42. The summed E-state index contributed by atoms with van der Waals surface area (Å²) in [5.41, 5.74) is 0. The highest BCUT2D eigenvalue weighted by molar-refractivity contribution is 9.11. The van der Waals surface area contributed by atoms with E-state index in [1.807, 2.05) is 0 Å². The zero-order valence-corrected chi connectivity index (χ0v) is 12.5. The van der Waals surface area contributed by atoms with Crippen LogP contribution in [0, 0.1) is 0 Å². The van der Waals surface area contributed by atoms with Crippen molar-refractivity contribution in [2.45, 2.75) is 11.5 Å². The number of hydrogen-bond donors (Lipinski definition) is 2. The van der Waals surface area contributed by atoms with Gasteiger partial charge in [0.05, 0.1) is 10.4 Å². The van der Waals surface area contributed by atoms with Gasteiger partial charge >= 0.3 is 0 Å². The molecule has 2 aromatic heterocycles. The van der Waals surface area contributed by atoms with Crippen LogP contribution in [0.25, 0.3) is 0 Å². The number of thiophene rings is 1. The van der Waals surface area contributed by atoms with Crippen LogP contribution in [0.5, 0.6) is 0 Å². The molecule has 0 amide bonds. The first kappa shape index (κ1) is 13.5. The molecule has 2 heterocycles. The zero-order chi connectivity index (χ0) is 13.3. The minimum absolute atomic E-state index is 0.0993. The lowest BCUT2D eigenvalue weighted by atomic mass is 10.5. The molecular formula is C9H10BrN3O3S2. The molecule has 0 atom stereocenters. The number of sulfonamides is 1. The van der Waals surface area contributed by atoms with E-state index in [1.54, 1.807) is 19.3 Å². The van der Waals surface area contributed by atoms with Gasteiger partial charge < -0.3 is 5.11 Å². The molecule has 2 rings (SSSR count). The molecule has 9 heteroatoms. The second-order valence-electron chi connectivity index (χ2n) is 3.49. The highest BCUT2D eigenvalue weighted by atomic mass is 79.9. The minimum Gasteiger partial charge on any atom is -0.391 e. The Morgan fingerprint density at radius 1 is 1.61 bits per heavy atom. The SMILES string of the molecule is Cn1ccc(NS(=O)(=O)c2cc(CO)sc2Br)n1. The Bertz CT molecular complexity index is 662. The van der Waals surface area contributed by atoms with E-state index in [-0.39, 0.29) is 17.3 Å². The fraction of sp³-hybridized carbons (Fsp3) is 0.222. The molecule has 0 aliphatic carbocycles. The average molecular weight is 352 g/mol. The van der Waals surface area contributed by atoms with Crippen molar-refractivity contribution in [1.82, 2.24) is 9.78 Å². The fourth-order valence-corrected chi connectivity index (χ4v) is 4.86. The molecule has 0 saturated heterocycles. The van der Waals surface area contributed by atoms with Crippen LogP contribution in [0.1, 0.15) is 4.88 Å². The standard InChI is InChI=1S/C9H10BrN3O3S2/c1-13-3-2-8(11-13)12-18(15,16)7-4-6(5-14)17-9(7)10/h2-4,14H,5H2,1H3,(H,11,12). The molecule has 0 aromatic carbocycles. The number of nitrogens with zero attached hydrogens (tertiary/aromatic N) is 2. The van der Waals surface area contributed by atoms with Crippen LogP contribution in [-0.2, 0) is 23.7 Å². The summed E-state index contributed by atoms with van der Waals surface area (Å²) < 4.78 is 28.5. The zero-order valence-electron chi connectivity index (χ0n) is 9.29. The Morgan fingerprint density at radius 2 is 2.33 bits per heavy atom. The number of aromatic nitrogens is 2. The van der Waals surface area contributed by atoms with E-state index >= 15 is 0 Å². The highest BCUT2D eigenvalue weighted by Gasteiger charge is 2.21. The molecule has 0 unspecified atom stereocenters. The van der Waals surface area contributed by atoms with Crippen molar-refractivity contribution in [1.29, 1.82) is 0 Å². The molecule has 98 valence electrons. The highest BCUT2D eigenvalue weighted by Crippen LogP contribution is 2.32. The van der Waals surface area contributed by atoms with Crippen molar-refractivity contribution in [3.63, 3.8) is 0 Å². The Morgan fingerprint density at radius 3 is 2.83 bits per heavy atom. The number of nitrogens with one attached hydrogen (secondary N) is 1. The van der Waals surface area contributed by atoms with E-state index in [2.05, 4.69) is 25.8 Å². The number of anilines is 1. The third-order valence-corrected chi connectivity index (χ3v) is 5.70. The maximum Gasteiger partial charge on any atom is 0.265 e. The van der Waals surface area contributed by atoms with Gasteiger partial charge in [-0.2, -0.15) is 5.10 Å². The Kier molecular flexibility index (Phi) is 3.76. The van der Waals surface area contributed by atoms with Crippen LogP contribution in [0.3, 0.4) is 0 Å². The van der Waals surface area contributed by atoms with E-state index in [9.17, 15) is 8.42 Å². The molecule has 0 saturated carbocycles. The lowest BCUT2D eigenvalue weighted by molar-refractivity contribution is 0.285. The van der Waals surface area contributed by atoms with Crippen molar-refractivity contribution < 1.29 is 13.5 Å². The number of aliphatic hydroxyl groups excluding tert-OH is 1. The molecule has 2 aromatic rings. The van der Waals surface area contributed by atoms with Crippen molar-refractivity contribution in [3.05, 3.63) is 27.0 Å². The van der Waals surface area contributed by atoms with Crippen molar-refractivity contribution in [2.75, 3.05) is 4.72 Å². The van der Waals surface area contributed by atoms with Gasteiger partial charge in [-0.25, -0.2) is 8.42 Å². The molecule has 0 fully saturated rings. The molecule has 0 bridgehead atoms. The van der Waals surface area contributed by atoms with Gasteiger partial charge in [0.25, 0.3) is 10.0 Å². The summed E-state index contributed by atoms with van der Waals surface area (Å²) in [5, 5.41) is 12.9. The van der Waals surface area contributed by atoms with Crippen LogP contribution in [-0.4, -0.2) is 23.3 Å². The van der Waals surface area contributed by atoms with E-state index in [0.29, 0.717) is 8.66 Å². The first-order valence-corrected chi connectivity index (χ1v) is 7.93. The van der Waals surface area contributed by atoms with Gasteiger partial charge in [-0.1, -0.05) is 0 Å². The van der Waals surface area contributed by atoms with Crippen LogP contribution in [0.15, 0.2) is 27.0 Å². The lowest BCUT2D eigenvalue weighted by Gasteiger charge is -2.03. The summed E-state index contributed by atoms with van der Waals surface area (Å²) >= 11 is 4.35. The van der Waals surface area contributed by atoms with Crippen LogP contribution >= 0.6 is 27.3 Å². The molecular weight excluding hydrogens is 342 g/mol. The van der Waals surface area contributed by atoms with Gasteiger partial charge in [-0.05, 0) is 22.0 Å². The summed E-state index contributed by atoms with van der Waals surface area (Å²) in [4.78, 5) is 0.672. The number of aryl methyl sites for hydroxylation is 1. The van der Waals surface area contributed by atoms with Crippen molar-refractivity contribution in [3.8, 4) is 0 Å². The van der Waals surface area contributed by atoms with Crippen LogP contribution in [0.2, 0.25) is 0 Å². The third kappa shape index (κ3) is 2.74. The molecule has 0 spiro atoms. The Labute approximate surface area is 116 Å². The van der Waals surface area contributed by atoms with Gasteiger partial charge in [0.15, 0.2) is 5.82 Å². The number of hydrogen-bond acceptors (Lipinski definition) is 5. The van der Waals surface area contributed by atoms with Crippen LogP contribution in [0.4, 0.5) is 5.82 Å². The second-order valence-corrected chi connectivity index (χ2v) is 7.59. The number of rotatable bonds is 4. The van der Waals surface area contributed by atoms with Gasteiger partial charge in [0, 0.05) is 24.2 Å². The Balaban J connectivity index is 2.33. The molecule has 0 radical (unpaired) electrons. The maximum atomic E-state index is 12.1. The molecule has 18 heavy (non-hydrogen) atoms. The van der Waals surface area contributed by atoms with Gasteiger partial charge in [0.1, 0.15) is 4.90 Å². The largest absolute Gasteiger partial charge is 0.391 e. The predicted octanol–water partition coefficient (Wildman–Crippen LogP) is 1.54. The molecule has 0 aliphatic heterocycles. The van der Waals surface area contributed by atoms with Gasteiger partial charge in [-0.3, -0.25) is 9.40 Å². The summed E-state index contributed by atoms with van der Waals surface area (Å²) in [6.45, 7) is -0.192. The van der Waals surface area contributed by atoms with E-state index < -0.39 is 10.0 Å². The predicted molar refractivity (Wildman–Crippen MR) is 72.0 cm³/mol. The third-order valence-electron chi connectivity index (χ3n) is 2.10. The topological polar surface area (TPSA) is 84.2 Å². The second kappa shape index (κ2) is 5.00. The minimum atomic E-state index is -3.69. The monoisotopic (exact) mass is 351 g/mol. The summed E-state index contributed by atoms with van der Waals surface area (Å²) in [6.07, 6.45) is 1.64. The van der Waals surface area contributed by atoms with Gasteiger partial charge in [-0.15, -0.1) is 11.3 Å². The molecule has 6 nitrogen and oxygen atoms in total. The normalized spacial score (nSPS) is 11.7. The average Bonchev–Trinajstić information content (AvgIpc) is 2.84. The van der Waals surface area contributed by atoms with Crippen molar-refractivity contribution >= 4 is 43.1 Å². The first-order valence-electron chi connectivity index (χ1n) is 4.84. The lowest BCUT2D eigenvalue weighted by Crippen LogP contribution is -2.13. The molecule has 2 N–H and O–H groups in total. The van der Waals surface area contributed by atoms with E-state index in [1.165, 1.54) is 22.1 Å². The molecule has 0 aliphatic rings.